The van der Waals surface area contributed by atoms with Gasteiger partial charge in [-0.3, -0.25) is 14.7 Å². The molecule has 0 aliphatic carbocycles. The average Bonchev–Trinajstić information content (AvgIpc) is 3.47. The lowest BCUT2D eigenvalue weighted by Gasteiger charge is -2.49. The molecule has 10 nitrogen and oxygen atoms in total. The molecular weight excluding hydrogens is 514 g/mol. The van der Waals surface area contributed by atoms with Crippen LogP contribution >= 0.6 is 34.9 Å². The maximum atomic E-state index is 12.6. The first-order valence-electron chi connectivity index (χ1n) is 10.8. The second kappa shape index (κ2) is 9.45. The standard InChI is InChI=1S/C22H21N3O7S3/c1-9(2)32-16-19(26)25-15(22(29)30)10(7-34-20(16)25)6-31-11-3-4-12-14(5-11)35-18(23-12)17-24-13(8-33-17)21(27)28/h3-5,9,13,16,20H,6-8H2,1-2H3,(H,27,28)(H,29,30). The summed E-state index contributed by atoms with van der Waals surface area (Å²) in [6, 6.07) is 4.60. The molecule has 0 bridgehead atoms. The third-order valence-electron chi connectivity index (χ3n) is 5.51. The van der Waals surface area contributed by atoms with Crippen molar-refractivity contribution in [1.82, 2.24) is 9.88 Å². The Balaban J connectivity index is 1.32. The number of amides is 1. The van der Waals surface area contributed by atoms with Crippen molar-refractivity contribution in [3.63, 3.8) is 0 Å². The Morgan fingerprint density at radius 3 is 2.77 bits per heavy atom. The second-order valence-electron chi connectivity index (χ2n) is 8.31. The van der Waals surface area contributed by atoms with Crippen LogP contribution in [0.25, 0.3) is 10.2 Å². The van der Waals surface area contributed by atoms with Crippen molar-refractivity contribution in [2.24, 2.45) is 4.99 Å². The Morgan fingerprint density at radius 1 is 1.29 bits per heavy atom. The van der Waals surface area contributed by atoms with E-state index in [0.29, 0.717) is 32.9 Å². The van der Waals surface area contributed by atoms with Crippen molar-refractivity contribution in [2.75, 3.05) is 18.1 Å². The number of rotatable bonds is 8. The summed E-state index contributed by atoms with van der Waals surface area (Å²) in [6.45, 7) is 3.71. The number of carbonyl (C=O) groups excluding carboxylic acids is 1. The lowest BCUT2D eigenvalue weighted by Crippen LogP contribution is -2.66. The summed E-state index contributed by atoms with van der Waals surface area (Å²) in [7, 11) is 0. The van der Waals surface area contributed by atoms with Crippen LogP contribution in [-0.4, -0.2) is 84.7 Å². The summed E-state index contributed by atoms with van der Waals surface area (Å²) in [4.78, 5) is 45.8. The number of carbonyl (C=O) groups is 3. The first kappa shape index (κ1) is 24.1. The zero-order valence-electron chi connectivity index (χ0n) is 18.7. The predicted octanol–water partition coefficient (Wildman–Crippen LogP) is 2.67. The largest absolute Gasteiger partial charge is 0.489 e. The molecule has 13 heteroatoms. The van der Waals surface area contributed by atoms with Gasteiger partial charge in [-0.15, -0.1) is 34.9 Å². The van der Waals surface area contributed by atoms with Crippen molar-refractivity contribution in [3.8, 4) is 5.75 Å². The molecule has 1 aromatic heterocycles. The summed E-state index contributed by atoms with van der Waals surface area (Å²) in [6.07, 6.45) is -0.762. The van der Waals surface area contributed by atoms with Crippen molar-refractivity contribution in [1.29, 1.82) is 0 Å². The molecule has 4 heterocycles. The molecule has 0 spiro atoms. The Bertz CT molecular complexity index is 1290. The first-order valence-corrected chi connectivity index (χ1v) is 13.6. The van der Waals surface area contributed by atoms with Gasteiger partial charge in [-0.05, 0) is 32.0 Å². The maximum Gasteiger partial charge on any atom is 0.352 e. The Morgan fingerprint density at radius 2 is 2.09 bits per heavy atom. The highest BCUT2D eigenvalue weighted by atomic mass is 32.2. The van der Waals surface area contributed by atoms with Crippen LogP contribution in [0.4, 0.5) is 0 Å². The third-order valence-corrected chi connectivity index (χ3v) is 9.04. The fourth-order valence-corrected chi connectivity index (χ4v) is 7.32. The first-order chi connectivity index (χ1) is 16.7. The van der Waals surface area contributed by atoms with E-state index in [1.165, 1.54) is 39.8 Å². The number of carboxylic acid groups (broad SMARTS) is 2. The number of carboxylic acids is 2. The van der Waals surface area contributed by atoms with E-state index in [4.69, 9.17) is 14.6 Å². The smallest absolute Gasteiger partial charge is 0.352 e. The molecule has 3 aliphatic rings. The molecule has 1 fully saturated rings. The van der Waals surface area contributed by atoms with E-state index in [2.05, 4.69) is 9.98 Å². The zero-order valence-corrected chi connectivity index (χ0v) is 21.1. The lowest BCUT2D eigenvalue weighted by atomic mass is 10.1. The number of hydrogen-bond acceptors (Lipinski definition) is 10. The van der Waals surface area contributed by atoms with Gasteiger partial charge in [-0.25, -0.2) is 14.6 Å². The number of thioether (sulfide) groups is 2. The highest BCUT2D eigenvalue weighted by Gasteiger charge is 2.54. The van der Waals surface area contributed by atoms with Gasteiger partial charge < -0.3 is 19.7 Å². The maximum absolute atomic E-state index is 12.6. The molecule has 1 aromatic carbocycles. The van der Waals surface area contributed by atoms with Gasteiger partial charge in [-0.1, -0.05) is 0 Å². The van der Waals surface area contributed by atoms with Gasteiger partial charge in [0.15, 0.2) is 12.1 Å². The highest BCUT2D eigenvalue weighted by molar-refractivity contribution is 8.15. The molecule has 0 radical (unpaired) electrons. The molecule has 3 aliphatic heterocycles. The summed E-state index contributed by atoms with van der Waals surface area (Å²) >= 11 is 4.23. The molecule has 35 heavy (non-hydrogen) atoms. The van der Waals surface area contributed by atoms with E-state index < -0.39 is 24.1 Å². The van der Waals surface area contributed by atoms with Crippen LogP contribution in [0.15, 0.2) is 34.5 Å². The van der Waals surface area contributed by atoms with Crippen molar-refractivity contribution in [3.05, 3.63) is 34.5 Å². The molecule has 5 rings (SSSR count). The van der Waals surface area contributed by atoms with E-state index in [0.717, 1.165) is 10.2 Å². The third kappa shape index (κ3) is 4.53. The van der Waals surface area contributed by atoms with E-state index in [9.17, 15) is 19.5 Å². The Hall–Kier alpha value is -2.61. The average molecular weight is 536 g/mol. The Kier molecular flexibility index (Phi) is 6.51. The molecule has 1 saturated heterocycles. The normalized spacial score (nSPS) is 24.0. The summed E-state index contributed by atoms with van der Waals surface area (Å²) in [5.41, 5.74) is 1.23. The minimum atomic E-state index is -1.16. The van der Waals surface area contributed by atoms with Gasteiger partial charge in [0.25, 0.3) is 5.91 Å². The summed E-state index contributed by atoms with van der Waals surface area (Å²) < 4.78 is 12.4. The molecule has 2 aromatic rings. The number of fused-ring (bicyclic) bond motifs is 2. The SMILES string of the molecule is CC(C)OC1C(=O)N2C(C(=O)O)=C(COc3ccc4nc(C5=NC(C(=O)O)CS5)sc4c3)CSC12. The van der Waals surface area contributed by atoms with Gasteiger partial charge in [0.05, 0.1) is 16.3 Å². The minimum absolute atomic E-state index is 0.0286. The van der Waals surface area contributed by atoms with Gasteiger partial charge >= 0.3 is 11.9 Å². The Labute approximate surface area is 212 Å². The predicted molar refractivity (Wildman–Crippen MR) is 133 cm³/mol. The van der Waals surface area contributed by atoms with Crippen LogP contribution in [-0.2, 0) is 19.1 Å². The van der Waals surface area contributed by atoms with Crippen LogP contribution < -0.4 is 4.74 Å². The molecule has 3 atom stereocenters. The quantitative estimate of drug-likeness (QED) is 0.485. The number of ether oxygens (including phenoxy) is 2. The fourth-order valence-electron chi connectivity index (χ4n) is 3.92. The number of β-lactam (4-membered cyclic amide) rings is 1. The molecule has 0 saturated carbocycles. The van der Waals surface area contributed by atoms with Gasteiger partial charge in [0.2, 0.25) is 0 Å². The van der Waals surface area contributed by atoms with Gasteiger partial charge in [0.1, 0.15) is 33.5 Å². The number of aromatic nitrogens is 1. The van der Waals surface area contributed by atoms with Crippen molar-refractivity contribution >= 4 is 68.0 Å². The monoisotopic (exact) mass is 535 g/mol. The molecule has 2 N–H and O–H groups in total. The number of thiazole rings is 1. The second-order valence-corrected chi connectivity index (χ2v) is 11.5. The van der Waals surface area contributed by atoms with Crippen LogP contribution in [0.1, 0.15) is 18.9 Å². The number of aliphatic imine (C=N–C) groups is 1. The number of hydrogen-bond donors (Lipinski definition) is 2. The van der Waals surface area contributed by atoms with Gasteiger partial charge in [-0.2, -0.15) is 0 Å². The molecule has 1 amide bonds. The van der Waals surface area contributed by atoms with Gasteiger partial charge in [0, 0.05) is 17.1 Å². The van der Waals surface area contributed by atoms with Crippen LogP contribution in [0.3, 0.4) is 0 Å². The lowest BCUT2D eigenvalue weighted by molar-refractivity contribution is -0.169. The minimum Gasteiger partial charge on any atom is -0.489 e. The van der Waals surface area contributed by atoms with E-state index >= 15 is 0 Å². The summed E-state index contributed by atoms with van der Waals surface area (Å²) in [5.74, 6) is -1.11. The highest BCUT2D eigenvalue weighted by Crippen LogP contribution is 2.42. The topological polar surface area (TPSA) is 139 Å². The van der Waals surface area contributed by atoms with E-state index in [1.54, 1.807) is 12.1 Å². The molecule has 3 unspecified atom stereocenters. The van der Waals surface area contributed by atoms with Crippen LogP contribution in [0, 0.1) is 0 Å². The molecule has 184 valence electrons. The number of nitrogens with zero attached hydrogens (tertiary/aromatic N) is 3. The van der Waals surface area contributed by atoms with Crippen molar-refractivity contribution < 1.29 is 34.1 Å². The van der Waals surface area contributed by atoms with E-state index in [1.807, 2.05) is 19.9 Å². The number of aliphatic carboxylic acids is 2. The molecular formula is C22H21N3O7S3. The summed E-state index contributed by atoms with van der Waals surface area (Å²) in [5, 5.41) is 19.9. The fraction of sp³-hybridized carbons (Fsp3) is 0.409. The van der Waals surface area contributed by atoms with Crippen LogP contribution in [0.5, 0.6) is 5.75 Å². The van der Waals surface area contributed by atoms with E-state index in [-0.39, 0.29) is 29.7 Å². The number of benzene rings is 1. The van der Waals surface area contributed by atoms with Crippen molar-refractivity contribution in [2.45, 2.75) is 37.5 Å². The van der Waals surface area contributed by atoms with Crippen LogP contribution in [0.2, 0.25) is 0 Å². The zero-order chi connectivity index (χ0) is 24.9.